The number of halogens is 1. The number of benzene rings is 2. The van der Waals surface area contributed by atoms with Gasteiger partial charge < -0.3 is 4.74 Å². The summed E-state index contributed by atoms with van der Waals surface area (Å²) < 4.78 is 31.8. The van der Waals surface area contributed by atoms with Crippen LogP contribution in [0.1, 0.15) is 11.1 Å². The number of para-hydroxylation sites is 1. The molecule has 1 aliphatic rings. The van der Waals surface area contributed by atoms with Crippen molar-refractivity contribution in [3.05, 3.63) is 76.2 Å². The molecule has 0 fully saturated rings. The Hall–Kier alpha value is -1.82. The monoisotopic (exact) mass is 363 g/mol. The Balaban J connectivity index is 1.62. The van der Waals surface area contributed by atoms with Crippen molar-refractivity contribution in [2.45, 2.75) is 13.0 Å². The maximum Gasteiger partial charge on any atom is 0.236 e. The fourth-order valence-electron chi connectivity index (χ4n) is 2.62. The summed E-state index contributed by atoms with van der Waals surface area (Å²) in [4.78, 5) is 0. The molecule has 2 aromatic carbocycles. The number of nitrogens with zero attached hydrogens (tertiary/aromatic N) is 1. The minimum absolute atomic E-state index is 0.208. The van der Waals surface area contributed by atoms with Gasteiger partial charge in [0.1, 0.15) is 12.4 Å². The second-order valence-electron chi connectivity index (χ2n) is 5.54. The molecule has 0 atom stereocenters. The van der Waals surface area contributed by atoms with Crippen LogP contribution in [-0.4, -0.2) is 25.9 Å². The van der Waals surface area contributed by atoms with Crippen LogP contribution in [0.2, 0.25) is 5.02 Å². The van der Waals surface area contributed by atoms with Crippen LogP contribution in [0.3, 0.4) is 0 Å². The van der Waals surface area contributed by atoms with Gasteiger partial charge in [-0.3, -0.25) is 0 Å². The molecule has 24 heavy (non-hydrogen) atoms. The topological polar surface area (TPSA) is 46.6 Å². The molecule has 0 radical (unpaired) electrons. The van der Waals surface area contributed by atoms with Crippen molar-refractivity contribution < 1.29 is 13.2 Å². The molecule has 0 saturated heterocycles. The Morgan fingerprint density at radius 2 is 1.92 bits per heavy atom. The van der Waals surface area contributed by atoms with E-state index in [1.807, 2.05) is 48.5 Å². The van der Waals surface area contributed by atoms with Crippen LogP contribution in [0.5, 0.6) is 5.75 Å². The maximum absolute atomic E-state index is 12.4. The average molecular weight is 364 g/mol. The quantitative estimate of drug-likeness (QED) is 0.815. The van der Waals surface area contributed by atoms with Crippen LogP contribution in [0.4, 0.5) is 0 Å². The van der Waals surface area contributed by atoms with Gasteiger partial charge in [-0.15, -0.1) is 0 Å². The second-order valence-corrected chi connectivity index (χ2v) is 7.79. The molecular formula is C18H18ClNO3S. The summed E-state index contributed by atoms with van der Waals surface area (Å²) in [5.41, 5.74) is 2.12. The van der Waals surface area contributed by atoms with Crippen LogP contribution >= 0.6 is 11.6 Å². The molecule has 0 bridgehead atoms. The lowest BCUT2D eigenvalue weighted by Gasteiger charge is -2.27. The minimum atomic E-state index is -3.46. The zero-order valence-corrected chi connectivity index (χ0v) is 14.6. The summed E-state index contributed by atoms with van der Waals surface area (Å²) in [5, 5.41) is 1.84. The summed E-state index contributed by atoms with van der Waals surface area (Å²) in [5.74, 6) is 0.709. The molecule has 1 heterocycles. The van der Waals surface area contributed by atoms with E-state index in [9.17, 15) is 8.42 Å². The van der Waals surface area contributed by atoms with E-state index in [-0.39, 0.29) is 6.61 Å². The van der Waals surface area contributed by atoms with E-state index < -0.39 is 10.0 Å². The van der Waals surface area contributed by atoms with E-state index in [0.717, 1.165) is 11.1 Å². The van der Waals surface area contributed by atoms with Crippen molar-refractivity contribution in [2.24, 2.45) is 0 Å². The fraction of sp³-hybridized carbons (Fsp3) is 0.222. The van der Waals surface area contributed by atoms with Gasteiger partial charge in [0, 0.05) is 23.5 Å². The van der Waals surface area contributed by atoms with Gasteiger partial charge in [0.15, 0.2) is 0 Å². The van der Waals surface area contributed by atoms with E-state index in [0.29, 0.717) is 30.3 Å². The van der Waals surface area contributed by atoms with Gasteiger partial charge in [-0.25, -0.2) is 8.42 Å². The molecule has 3 rings (SSSR count). The van der Waals surface area contributed by atoms with E-state index in [2.05, 4.69) is 0 Å². The molecule has 0 aromatic heterocycles. The Morgan fingerprint density at radius 3 is 2.71 bits per heavy atom. The van der Waals surface area contributed by atoms with Crippen molar-refractivity contribution in [3.63, 3.8) is 0 Å². The molecule has 4 nitrogen and oxygen atoms in total. The normalized spacial score (nSPS) is 15.4. The first kappa shape index (κ1) is 17.0. The highest BCUT2D eigenvalue weighted by Gasteiger charge is 2.24. The second kappa shape index (κ2) is 7.38. The standard InChI is InChI=1S/C18H18ClNO3S/c19-17-8-7-15-9-10-20(14-16(15)13-17)24(21,22)12-4-11-23-18-5-2-1-3-6-18/h1-8,12-13H,9-11,14H2/b12-4+. The highest BCUT2D eigenvalue weighted by atomic mass is 35.5. The van der Waals surface area contributed by atoms with Gasteiger partial charge in [-0.2, -0.15) is 4.31 Å². The van der Waals surface area contributed by atoms with E-state index in [1.165, 1.54) is 15.8 Å². The van der Waals surface area contributed by atoms with Crippen molar-refractivity contribution in [3.8, 4) is 5.75 Å². The third kappa shape index (κ3) is 4.17. The van der Waals surface area contributed by atoms with Gasteiger partial charge in [-0.1, -0.05) is 35.9 Å². The van der Waals surface area contributed by atoms with E-state index in [4.69, 9.17) is 16.3 Å². The molecule has 0 spiro atoms. The highest BCUT2D eigenvalue weighted by molar-refractivity contribution is 7.92. The Labute approximate surface area is 147 Å². The smallest absolute Gasteiger partial charge is 0.236 e. The molecule has 0 unspecified atom stereocenters. The molecular weight excluding hydrogens is 346 g/mol. The first-order chi connectivity index (χ1) is 11.5. The summed E-state index contributed by atoms with van der Waals surface area (Å²) in [6.07, 6.45) is 2.22. The Bertz CT molecular complexity index is 835. The van der Waals surface area contributed by atoms with Crippen molar-refractivity contribution >= 4 is 21.6 Å². The summed E-state index contributed by atoms with van der Waals surface area (Å²) in [6, 6.07) is 14.9. The number of rotatable bonds is 5. The molecule has 1 aliphatic heterocycles. The van der Waals surface area contributed by atoms with Crippen LogP contribution in [-0.2, 0) is 23.0 Å². The molecule has 0 aliphatic carbocycles. The minimum Gasteiger partial charge on any atom is -0.490 e. The predicted octanol–water partition coefficient (Wildman–Crippen LogP) is 3.62. The Kier molecular flexibility index (Phi) is 5.23. The van der Waals surface area contributed by atoms with Crippen LogP contribution < -0.4 is 4.74 Å². The number of hydrogen-bond acceptors (Lipinski definition) is 3. The van der Waals surface area contributed by atoms with Crippen LogP contribution in [0.25, 0.3) is 0 Å². The largest absolute Gasteiger partial charge is 0.490 e. The first-order valence-electron chi connectivity index (χ1n) is 7.66. The molecule has 126 valence electrons. The number of hydrogen-bond donors (Lipinski definition) is 0. The fourth-order valence-corrected chi connectivity index (χ4v) is 3.98. The molecule has 0 N–H and O–H groups in total. The summed E-state index contributed by atoms with van der Waals surface area (Å²) in [6.45, 7) is 1.03. The molecule has 6 heteroatoms. The third-order valence-electron chi connectivity index (χ3n) is 3.86. The van der Waals surface area contributed by atoms with Crippen molar-refractivity contribution in [1.82, 2.24) is 4.31 Å². The lowest BCUT2D eigenvalue weighted by atomic mass is 10.0. The third-order valence-corrected chi connectivity index (χ3v) is 5.67. The SMILES string of the molecule is O=S(=O)(/C=C/COc1ccccc1)N1CCc2ccc(Cl)cc2C1. The maximum atomic E-state index is 12.4. The lowest BCUT2D eigenvalue weighted by Crippen LogP contribution is -2.34. The summed E-state index contributed by atoms with van der Waals surface area (Å²) >= 11 is 6.00. The number of sulfonamides is 1. The molecule has 0 amide bonds. The van der Waals surface area contributed by atoms with Crippen molar-refractivity contribution in [2.75, 3.05) is 13.2 Å². The number of ether oxygens (including phenoxy) is 1. The van der Waals surface area contributed by atoms with E-state index >= 15 is 0 Å². The van der Waals surface area contributed by atoms with Crippen LogP contribution in [0, 0.1) is 0 Å². The first-order valence-corrected chi connectivity index (χ1v) is 9.54. The van der Waals surface area contributed by atoms with Gasteiger partial charge >= 0.3 is 0 Å². The number of fused-ring (bicyclic) bond motifs is 1. The summed E-state index contributed by atoms with van der Waals surface area (Å²) in [7, 11) is -3.46. The lowest BCUT2D eigenvalue weighted by molar-refractivity contribution is 0.362. The molecule has 2 aromatic rings. The van der Waals surface area contributed by atoms with Gasteiger partial charge in [0.05, 0.1) is 0 Å². The average Bonchev–Trinajstić information content (AvgIpc) is 2.59. The Morgan fingerprint density at radius 1 is 1.12 bits per heavy atom. The van der Waals surface area contributed by atoms with Crippen LogP contribution in [0.15, 0.2) is 60.0 Å². The van der Waals surface area contributed by atoms with Gasteiger partial charge in [0.2, 0.25) is 10.0 Å². The van der Waals surface area contributed by atoms with E-state index in [1.54, 1.807) is 0 Å². The zero-order valence-electron chi connectivity index (χ0n) is 13.1. The van der Waals surface area contributed by atoms with Gasteiger partial charge in [-0.05, 0) is 47.9 Å². The highest BCUT2D eigenvalue weighted by Crippen LogP contribution is 2.24. The van der Waals surface area contributed by atoms with Gasteiger partial charge in [0.25, 0.3) is 0 Å². The van der Waals surface area contributed by atoms with Crippen molar-refractivity contribution in [1.29, 1.82) is 0 Å². The predicted molar refractivity (Wildman–Crippen MR) is 95.6 cm³/mol. The zero-order chi connectivity index (χ0) is 17.0. The molecule has 0 saturated carbocycles.